The largest absolute Gasteiger partial charge is 0.388 e. The maximum absolute atomic E-state index is 14.0. The highest BCUT2D eigenvalue weighted by molar-refractivity contribution is 5.90. The molecule has 10 heteroatoms. The van der Waals surface area contributed by atoms with Crippen molar-refractivity contribution in [3.8, 4) is 0 Å². The fourth-order valence-electron chi connectivity index (χ4n) is 7.99. The number of carbonyl (C=O) groups is 4. The number of carbonyl (C=O) groups excluding carboxylic acids is 4. The highest BCUT2D eigenvalue weighted by Gasteiger charge is 2.42. The summed E-state index contributed by atoms with van der Waals surface area (Å²) in [5.74, 6) is -1.35. The Morgan fingerprint density at radius 3 is 2.00 bits per heavy atom. The Hall–Kier alpha value is -2.66. The molecule has 2 amide bonds. The molecule has 0 unspecified atom stereocenters. The molecule has 1 aliphatic rings. The number of Topliss-reactive ketones (excluding diaryl/α,β-unsaturated/α-hetero) is 2. The summed E-state index contributed by atoms with van der Waals surface area (Å²) in [7, 11) is 8.69. The number of ketones is 2. The van der Waals surface area contributed by atoms with Crippen molar-refractivity contribution < 1.29 is 33.8 Å². The van der Waals surface area contributed by atoms with E-state index in [9.17, 15) is 24.3 Å². The van der Waals surface area contributed by atoms with E-state index < -0.39 is 30.1 Å². The molecule has 10 nitrogen and oxygen atoms in total. The second kappa shape index (κ2) is 20.4. The molecule has 0 spiro atoms. The highest BCUT2D eigenvalue weighted by Crippen LogP contribution is 2.32. The van der Waals surface area contributed by atoms with Crippen LogP contribution in [0.1, 0.15) is 98.7 Å². The van der Waals surface area contributed by atoms with Crippen LogP contribution in [-0.2, 0) is 28.7 Å². The lowest BCUT2D eigenvalue weighted by Crippen LogP contribution is -2.52. The van der Waals surface area contributed by atoms with Gasteiger partial charge in [-0.15, -0.1) is 0 Å². The SMILES string of the molecule is CC[C@@H]([C@@H](CC(=O)N1CCC[C@H]1[C@H](OC)[C@@H](C)C(=O)C[C@H](C)[C@@H](O)c1ccccc1)OC)N(C)C(=O)[C@@H](CC(=O)[C@H](C(C)C)N(C)C)C(C)C. The minimum atomic E-state index is -0.758. The van der Waals surface area contributed by atoms with Crippen LogP contribution in [0.4, 0.5) is 0 Å². The molecule has 1 saturated heterocycles. The normalized spacial score (nSPS) is 19.9. The Bertz CT molecular complexity index is 1210. The van der Waals surface area contributed by atoms with Crippen molar-refractivity contribution >= 4 is 23.4 Å². The number of ether oxygens (including phenoxy) is 2. The van der Waals surface area contributed by atoms with Crippen molar-refractivity contribution in [3.63, 3.8) is 0 Å². The minimum absolute atomic E-state index is 0.0110. The first-order valence-electron chi connectivity index (χ1n) is 18.6. The first-order chi connectivity index (χ1) is 23.5. The van der Waals surface area contributed by atoms with Gasteiger partial charge < -0.3 is 24.4 Å². The van der Waals surface area contributed by atoms with Gasteiger partial charge in [-0.3, -0.25) is 24.1 Å². The lowest BCUT2D eigenvalue weighted by atomic mass is 9.84. The Balaban J connectivity index is 2.17. The second-order valence-electron chi connectivity index (χ2n) is 15.4. The number of hydrogen-bond acceptors (Lipinski definition) is 8. The van der Waals surface area contributed by atoms with E-state index in [1.165, 1.54) is 0 Å². The van der Waals surface area contributed by atoms with Crippen LogP contribution in [0.15, 0.2) is 30.3 Å². The standard InChI is InChI=1S/C40H67N3O7/c1-13-31(42(10)40(48)30(25(2)3)23-34(45)37(26(4)5)41(8)9)35(49-11)24-36(46)43-21-17-20-32(43)39(50-12)28(7)33(44)22-27(6)38(47)29-18-15-14-16-19-29/h14-16,18-19,25-28,30-32,35,37-39,47H,13,17,20-24H2,1-12H3/t27-,28-,30-,31-,32-,35+,37-,38+,39+/m0/s1. The zero-order chi connectivity index (χ0) is 37.9. The van der Waals surface area contributed by atoms with Gasteiger partial charge in [0.1, 0.15) is 5.78 Å². The molecular weight excluding hydrogens is 634 g/mol. The van der Waals surface area contributed by atoms with Gasteiger partial charge >= 0.3 is 0 Å². The molecule has 9 atom stereocenters. The molecule has 2 rings (SSSR count). The van der Waals surface area contributed by atoms with Crippen molar-refractivity contribution in [1.29, 1.82) is 0 Å². The lowest BCUT2D eigenvalue weighted by molar-refractivity contribution is -0.147. The smallest absolute Gasteiger partial charge is 0.226 e. The average Bonchev–Trinajstić information content (AvgIpc) is 3.56. The molecule has 0 saturated carbocycles. The molecular formula is C40H67N3O7. The number of rotatable bonds is 21. The van der Waals surface area contributed by atoms with Gasteiger partial charge in [0.25, 0.3) is 0 Å². The molecule has 1 aromatic carbocycles. The summed E-state index contributed by atoms with van der Waals surface area (Å²) in [5.41, 5.74) is 0.777. The molecule has 1 aliphatic heterocycles. The van der Waals surface area contributed by atoms with E-state index in [0.717, 1.165) is 12.0 Å². The fourth-order valence-corrected chi connectivity index (χ4v) is 7.99. The van der Waals surface area contributed by atoms with Gasteiger partial charge in [0.05, 0.1) is 42.9 Å². The van der Waals surface area contributed by atoms with Crippen LogP contribution >= 0.6 is 0 Å². The van der Waals surface area contributed by atoms with Gasteiger partial charge in [-0.25, -0.2) is 0 Å². The molecule has 1 N–H and O–H groups in total. The third-order valence-corrected chi connectivity index (χ3v) is 10.9. The van der Waals surface area contributed by atoms with E-state index in [1.807, 2.05) is 103 Å². The molecule has 284 valence electrons. The van der Waals surface area contributed by atoms with Gasteiger partial charge in [-0.05, 0) is 56.7 Å². The molecule has 0 bridgehead atoms. The van der Waals surface area contributed by atoms with Crippen LogP contribution in [0.25, 0.3) is 0 Å². The fraction of sp³-hybridized carbons (Fsp3) is 0.750. The molecule has 1 fully saturated rings. The molecule has 0 radical (unpaired) electrons. The second-order valence-corrected chi connectivity index (χ2v) is 15.4. The van der Waals surface area contributed by atoms with E-state index in [4.69, 9.17) is 9.47 Å². The predicted octanol–water partition coefficient (Wildman–Crippen LogP) is 5.42. The lowest BCUT2D eigenvalue weighted by Gasteiger charge is -2.38. The van der Waals surface area contributed by atoms with Gasteiger partial charge in [0.2, 0.25) is 11.8 Å². The topological polar surface area (TPSA) is 117 Å². The van der Waals surface area contributed by atoms with Crippen LogP contribution in [0.5, 0.6) is 0 Å². The Morgan fingerprint density at radius 1 is 0.880 bits per heavy atom. The minimum Gasteiger partial charge on any atom is -0.388 e. The van der Waals surface area contributed by atoms with Crippen LogP contribution in [0.3, 0.4) is 0 Å². The highest BCUT2D eigenvalue weighted by atomic mass is 16.5. The number of benzene rings is 1. The van der Waals surface area contributed by atoms with E-state index in [0.29, 0.717) is 19.4 Å². The van der Waals surface area contributed by atoms with Crippen molar-refractivity contribution in [2.45, 2.75) is 123 Å². The number of aliphatic hydroxyl groups is 1. The van der Waals surface area contributed by atoms with E-state index in [2.05, 4.69) is 0 Å². The summed E-state index contributed by atoms with van der Waals surface area (Å²) in [6.07, 6.45) is 0.688. The Kier molecular flexibility index (Phi) is 17.7. The quantitative estimate of drug-likeness (QED) is 0.181. The maximum atomic E-state index is 14.0. The summed E-state index contributed by atoms with van der Waals surface area (Å²) in [6, 6.07) is 8.42. The number of methoxy groups -OCH3 is 2. The van der Waals surface area contributed by atoms with Crippen molar-refractivity contribution in [2.75, 3.05) is 41.9 Å². The van der Waals surface area contributed by atoms with Gasteiger partial charge in [-0.1, -0.05) is 78.8 Å². The number of aliphatic hydroxyl groups excluding tert-OH is 1. The van der Waals surface area contributed by atoms with Gasteiger partial charge in [0, 0.05) is 52.5 Å². The summed E-state index contributed by atoms with van der Waals surface area (Å²) >= 11 is 0. The maximum Gasteiger partial charge on any atom is 0.226 e. The van der Waals surface area contributed by atoms with E-state index >= 15 is 0 Å². The van der Waals surface area contributed by atoms with Crippen LogP contribution < -0.4 is 0 Å². The molecule has 0 aliphatic carbocycles. The van der Waals surface area contributed by atoms with Gasteiger partial charge in [-0.2, -0.15) is 0 Å². The van der Waals surface area contributed by atoms with Crippen LogP contribution in [-0.4, -0.2) is 115 Å². The summed E-state index contributed by atoms with van der Waals surface area (Å²) in [4.78, 5) is 60.3. The van der Waals surface area contributed by atoms with Crippen LogP contribution in [0, 0.1) is 29.6 Å². The third-order valence-electron chi connectivity index (χ3n) is 10.9. The van der Waals surface area contributed by atoms with E-state index in [1.54, 1.807) is 26.2 Å². The number of likely N-dealkylation sites (N-methyl/N-ethyl adjacent to an activating group) is 2. The first-order valence-corrected chi connectivity index (χ1v) is 18.6. The molecule has 1 heterocycles. The number of nitrogens with zero attached hydrogens (tertiary/aromatic N) is 3. The molecule has 50 heavy (non-hydrogen) atoms. The van der Waals surface area contributed by atoms with E-state index in [-0.39, 0.29) is 78.5 Å². The summed E-state index contributed by atoms with van der Waals surface area (Å²) in [6.45, 7) is 14.2. The summed E-state index contributed by atoms with van der Waals surface area (Å²) < 4.78 is 11.8. The Morgan fingerprint density at radius 2 is 1.50 bits per heavy atom. The Labute approximate surface area is 302 Å². The predicted molar refractivity (Wildman–Crippen MR) is 197 cm³/mol. The third kappa shape index (κ3) is 11.2. The monoisotopic (exact) mass is 701 g/mol. The zero-order valence-corrected chi connectivity index (χ0v) is 32.9. The van der Waals surface area contributed by atoms with Crippen molar-refractivity contribution in [3.05, 3.63) is 35.9 Å². The first kappa shape index (κ1) is 43.5. The number of likely N-dealkylation sites (tertiary alicyclic amines) is 1. The molecule has 0 aromatic heterocycles. The number of amides is 2. The zero-order valence-electron chi connectivity index (χ0n) is 32.9. The van der Waals surface area contributed by atoms with Crippen molar-refractivity contribution in [1.82, 2.24) is 14.7 Å². The molecule has 1 aromatic rings. The average molecular weight is 702 g/mol. The number of hydrogen-bond donors (Lipinski definition) is 1. The van der Waals surface area contributed by atoms with Crippen molar-refractivity contribution in [2.24, 2.45) is 29.6 Å². The van der Waals surface area contributed by atoms with Crippen LogP contribution in [0.2, 0.25) is 0 Å². The van der Waals surface area contributed by atoms with Gasteiger partial charge in [0.15, 0.2) is 5.78 Å². The summed E-state index contributed by atoms with van der Waals surface area (Å²) in [5, 5.41) is 10.9.